The number of ether oxygens (including phenoxy) is 1. The second kappa shape index (κ2) is 8.48. The van der Waals surface area contributed by atoms with Crippen LogP contribution in [0.3, 0.4) is 0 Å². The van der Waals surface area contributed by atoms with Gasteiger partial charge in [0.05, 0.1) is 12.3 Å². The van der Waals surface area contributed by atoms with Crippen molar-refractivity contribution < 1.29 is 14.3 Å². The van der Waals surface area contributed by atoms with Gasteiger partial charge in [0.15, 0.2) is 5.78 Å². The SMILES string of the molecule is CC(=O)c1ccccc1NC(=O)CCCOc1cccc(Br)c1. The largest absolute Gasteiger partial charge is 0.494 e. The molecule has 1 amide bonds. The van der Waals surface area contributed by atoms with E-state index in [1.54, 1.807) is 24.3 Å². The quantitative estimate of drug-likeness (QED) is 0.574. The van der Waals surface area contributed by atoms with Crippen LogP contribution in [-0.4, -0.2) is 18.3 Å². The minimum Gasteiger partial charge on any atom is -0.494 e. The molecule has 23 heavy (non-hydrogen) atoms. The minimum atomic E-state index is -0.128. The van der Waals surface area contributed by atoms with Gasteiger partial charge >= 0.3 is 0 Å². The van der Waals surface area contributed by atoms with Gasteiger partial charge in [-0.3, -0.25) is 9.59 Å². The topological polar surface area (TPSA) is 55.4 Å². The van der Waals surface area contributed by atoms with Crippen LogP contribution in [-0.2, 0) is 4.79 Å². The molecule has 0 fully saturated rings. The highest BCUT2D eigenvalue weighted by molar-refractivity contribution is 9.10. The van der Waals surface area contributed by atoms with Crippen molar-refractivity contribution in [2.45, 2.75) is 19.8 Å². The second-order valence-corrected chi connectivity index (χ2v) is 5.98. The number of hydrogen-bond donors (Lipinski definition) is 1. The van der Waals surface area contributed by atoms with Gasteiger partial charge in [-0.25, -0.2) is 0 Å². The lowest BCUT2D eigenvalue weighted by atomic mass is 10.1. The molecule has 0 aliphatic heterocycles. The monoisotopic (exact) mass is 375 g/mol. The van der Waals surface area contributed by atoms with Crippen LogP contribution >= 0.6 is 15.9 Å². The number of nitrogens with one attached hydrogen (secondary N) is 1. The zero-order valence-electron chi connectivity index (χ0n) is 12.8. The van der Waals surface area contributed by atoms with Crippen LogP contribution in [0.1, 0.15) is 30.1 Å². The molecule has 0 saturated heterocycles. The molecular formula is C18H18BrNO3. The molecule has 1 N–H and O–H groups in total. The fourth-order valence-electron chi connectivity index (χ4n) is 2.09. The molecule has 4 nitrogen and oxygen atoms in total. The summed E-state index contributed by atoms with van der Waals surface area (Å²) in [5.74, 6) is 0.567. The highest BCUT2D eigenvalue weighted by Gasteiger charge is 2.09. The number of para-hydroxylation sites is 1. The maximum absolute atomic E-state index is 12.0. The molecule has 0 spiro atoms. The summed E-state index contributed by atoms with van der Waals surface area (Å²) in [4.78, 5) is 23.5. The van der Waals surface area contributed by atoms with Crippen LogP contribution in [0.4, 0.5) is 5.69 Å². The van der Waals surface area contributed by atoms with Crippen molar-refractivity contribution in [3.63, 3.8) is 0 Å². The van der Waals surface area contributed by atoms with E-state index in [2.05, 4.69) is 21.2 Å². The summed E-state index contributed by atoms with van der Waals surface area (Å²) in [7, 11) is 0. The van der Waals surface area contributed by atoms with Gasteiger partial charge < -0.3 is 10.1 Å². The first-order valence-corrected chi connectivity index (χ1v) is 8.14. The van der Waals surface area contributed by atoms with Crippen LogP contribution in [0.15, 0.2) is 53.0 Å². The Kier molecular flexibility index (Phi) is 6.35. The number of rotatable bonds is 7. The van der Waals surface area contributed by atoms with Crippen molar-refractivity contribution in [3.05, 3.63) is 58.6 Å². The number of anilines is 1. The smallest absolute Gasteiger partial charge is 0.224 e. The first kappa shape index (κ1) is 17.2. The summed E-state index contributed by atoms with van der Waals surface area (Å²) >= 11 is 3.38. The van der Waals surface area contributed by atoms with Crippen LogP contribution in [0.25, 0.3) is 0 Å². The Hall–Kier alpha value is -2.14. The number of Topliss-reactive ketones (excluding diaryl/α,β-unsaturated/α-hetero) is 1. The van der Waals surface area contributed by atoms with Crippen LogP contribution in [0.2, 0.25) is 0 Å². The molecule has 0 heterocycles. The predicted molar refractivity (Wildman–Crippen MR) is 93.9 cm³/mol. The van der Waals surface area contributed by atoms with Crippen molar-refractivity contribution in [1.29, 1.82) is 0 Å². The van der Waals surface area contributed by atoms with Gasteiger partial charge in [0.25, 0.3) is 0 Å². The summed E-state index contributed by atoms with van der Waals surface area (Å²) in [5.41, 5.74) is 1.07. The summed E-state index contributed by atoms with van der Waals surface area (Å²) in [6.07, 6.45) is 0.931. The molecule has 0 radical (unpaired) electrons. The van der Waals surface area contributed by atoms with Crippen LogP contribution in [0.5, 0.6) is 5.75 Å². The Balaban J connectivity index is 1.79. The Morgan fingerprint density at radius 1 is 1.13 bits per heavy atom. The average molecular weight is 376 g/mol. The van der Waals surface area contributed by atoms with Gasteiger partial charge in [-0.15, -0.1) is 0 Å². The normalized spacial score (nSPS) is 10.2. The zero-order valence-corrected chi connectivity index (χ0v) is 14.4. The maximum atomic E-state index is 12.0. The lowest BCUT2D eigenvalue weighted by Gasteiger charge is -2.09. The van der Waals surface area contributed by atoms with Crippen molar-refractivity contribution >= 4 is 33.3 Å². The molecule has 0 bridgehead atoms. The molecule has 0 aliphatic rings. The van der Waals surface area contributed by atoms with E-state index in [-0.39, 0.29) is 11.7 Å². The maximum Gasteiger partial charge on any atom is 0.224 e. The molecule has 0 aromatic heterocycles. The highest BCUT2D eigenvalue weighted by atomic mass is 79.9. The lowest BCUT2D eigenvalue weighted by molar-refractivity contribution is -0.116. The lowest BCUT2D eigenvalue weighted by Crippen LogP contribution is -2.14. The molecule has 0 saturated carbocycles. The van der Waals surface area contributed by atoms with Crippen LogP contribution in [0, 0.1) is 0 Å². The highest BCUT2D eigenvalue weighted by Crippen LogP contribution is 2.18. The number of benzene rings is 2. The third-order valence-corrected chi connectivity index (χ3v) is 3.69. The average Bonchev–Trinajstić information content (AvgIpc) is 2.52. The fraction of sp³-hybridized carbons (Fsp3) is 0.222. The molecule has 2 aromatic rings. The molecule has 0 atom stereocenters. The Bertz CT molecular complexity index is 700. The number of carbonyl (C=O) groups is 2. The fourth-order valence-corrected chi connectivity index (χ4v) is 2.47. The number of amides is 1. The summed E-state index contributed by atoms with van der Waals surface area (Å²) in [5, 5.41) is 2.78. The number of hydrogen-bond acceptors (Lipinski definition) is 3. The summed E-state index contributed by atoms with van der Waals surface area (Å²) in [6, 6.07) is 14.6. The van der Waals surface area contributed by atoms with Gasteiger partial charge in [0.1, 0.15) is 5.75 Å². The van der Waals surface area contributed by atoms with Crippen molar-refractivity contribution in [3.8, 4) is 5.75 Å². The first-order valence-electron chi connectivity index (χ1n) is 7.34. The molecule has 2 aromatic carbocycles. The first-order chi connectivity index (χ1) is 11.1. The van der Waals surface area contributed by atoms with Crippen molar-refractivity contribution in [1.82, 2.24) is 0 Å². The van der Waals surface area contributed by atoms with E-state index >= 15 is 0 Å². The summed E-state index contributed by atoms with van der Waals surface area (Å²) < 4.78 is 6.54. The van der Waals surface area contributed by atoms with Crippen LogP contribution < -0.4 is 10.1 Å². The molecule has 120 valence electrons. The molecule has 5 heteroatoms. The van der Waals surface area contributed by atoms with Crippen molar-refractivity contribution in [2.24, 2.45) is 0 Å². The molecular weight excluding hydrogens is 358 g/mol. The minimum absolute atomic E-state index is 0.0705. The Morgan fingerprint density at radius 2 is 1.91 bits per heavy atom. The number of carbonyl (C=O) groups excluding carboxylic acids is 2. The Morgan fingerprint density at radius 3 is 2.65 bits per heavy atom. The predicted octanol–water partition coefficient (Wildman–Crippen LogP) is 4.45. The van der Waals surface area contributed by atoms with E-state index in [0.717, 1.165) is 10.2 Å². The molecule has 0 aliphatic carbocycles. The third kappa shape index (κ3) is 5.53. The van der Waals surface area contributed by atoms with E-state index in [1.807, 2.05) is 24.3 Å². The standard InChI is InChI=1S/C18H18BrNO3/c1-13(21)16-8-2-3-9-17(16)20-18(22)10-5-11-23-15-7-4-6-14(19)12-15/h2-4,6-9,12H,5,10-11H2,1H3,(H,20,22). The van der Waals surface area contributed by atoms with Gasteiger partial charge in [0, 0.05) is 16.5 Å². The summed E-state index contributed by atoms with van der Waals surface area (Å²) in [6.45, 7) is 1.94. The Labute approximate surface area is 144 Å². The number of ketones is 1. The van der Waals surface area contributed by atoms with E-state index in [1.165, 1.54) is 6.92 Å². The van der Waals surface area contributed by atoms with Gasteiger partial charge in [-0.2, -0.15) is 0 Å². The van der Waals surface area contributed by atoms with E-state index in [4.69, 9.17) is 4.74 Å². The van der Waals surface area contributed by atoms with Gasteiger partial charge in [0.2, 0.25) is 5.91 Å². The molecule has 0 unspecified atom stereocenters. The second-order valence-electron chi connectivity index (χ2n) is 5.06. The van der Waals surface area contributed by atoms with E-state index in [0.29, 0.717) is 30.7 Å². The van der Waals surface area contributed by atoms with E-state index < -0.39 is 0 Å². The zero-order chi connectivity index (χ0) is 16.7. The van der Waals surface area contributed by atoms with Gasteiger partial charge in [-0.1, -0.05) is 34.1 Å². The van der Waals surface area contributed by atoms with Crippen molar-refractivity contribution in [2.75, 3.05) is 11.9 Å². The van der Waals surface area contributed by atoms with Gasteiger partial charge in [-0.05, 0) is 43.7 Å². The number of halogens is 1. The van der Waals surface area contributed by atoms with E-state index in [9.17, 15) is 9.59 Å². The molecule has 2 rings (SSSR count). The third-order valence-electron chi connectivity index (χ3n) is 3.19.